The maximum atomic E-state index is 13.2. The van der Waals surface area contributed by atoms with Crippen LogP contribution in [-0.2, 0) is 16.1 Å². The second kappa shape index (κ2) is 11.6. The zero-order valence-electron chi connectivity index (χ0n) is 20.6. The van der Waals surface area contributed by atoms with Crippen molar-refractivity contribution in [3.8, 4) is 0 Å². The van der Waals surface area contributed by atoms with Crippen molar-refractivity contribution < 1.29 is 19.1 Å². The minimum Gasteiger partial charge on any atom is -0.462 e. The summed E-state index contributed by atoms with van der Waals surface area (Å²) in [7, 11) is 0. The topological polar surface area (TPSA) is 110 Å². The van der Waals surface area contributed by atoms with Gasteiger partial charge in [-0.05, 0) is 68.0 Å². The third kappa shape index (κ3) is 5.92. The second-order valence-electron chi connectivity index (χ2n) is 9.17. The molecule has 0 saturated carbocycles. The Labute approximate surface area is 214 Å². The highest BCUT2D eigenvalue weighted by Gasteiger charge is 2.37. The molecule has 36 heavy (non-hydrogen) atoms. The van der Waals surface area contributed by atoms with Gasteiger partial charge in [0, 0.05) is 43.0 Å². The summed E-state index contributed by atoms with van der Waals surface area (Å²) in [5.41, 5.74) is 1.91. The molecule has 1 aromatic carbocycles. The van der Waals surface area contributed by atoms with Gasteiger partial charge in [-0.25, -0.2) is 9.59 Å². The number of pyridine rings is 1. The number of anilines is 1. The van der Waals surface area contributed by atoms with E-state index in [0.717, 1.165) is 12.1 Å². The van der Waals surface area contributed by atoms with Crippen LogP contribution in [-0.4, -0.2) is 65.1 Å². The predicted molar refractivity (Wildman–Crippen MR) is 139 cm³/mol. The van der Waals surface area contributed by atoms with Crippen LogP contribution in [0.2, 0.25) is 0 Å². The van der Waals surface area contributed by atoms with Crippen molar-refractivity contribution >= 4 is 35.4 Å². The molecule has 192 valence electrons. The molecule has 3 heterocycles. The number of hydrogen-bond acceptors (Lipinski definition) is 6. The van der Waals surface area contributed by atoms with Gasteiger partial charge in [-0.3, -0.25) is 9.59 Å². The van der Waals surface area contributed by atoms with E-state index in [1.54, 1.807) is 60.0 Å². The highest BCUT2D eigenvalue weighted by Crippen LogP contribution is 2.34. The monoisotopic (exact) mass is 512 g/mol. The van der Waals surface area contributed by atoms with Crippen LogP contribution in [0.5, 0.6) is 0 Å². The minimum absolute atomic E-state index is 0.00388. The highest BCUT2D eigenvalue weighted by molar-refractivity contribution is 7.98. The fourth-order valence-corrected chi connectivity index (χ4v) is 5.41. The molecule has 4 rings (SSSR count). The van der Waals surface area contributed by atoms with Gasteiger partial charge in [-0.2, -0.15) is 11.8 Å². The smallest absolute Gasteiger partial charge is 0.338 e. The summed E-state index contributed by atoms with van der Waals surface area (Å²) in [5.74, 6) is 0.295. The lowest BCUT2D eigenvalue weighted by Gasteiger charge is -2.43. The lowest BCUT2D eigenvalue weighted by atomic mass is 9.83. The number of fused-ring (bicyclic) bond motifs is 4. The van der Waals surface area contributed by atoms with Crippen LogP contribution in [0.4, 0.5) is 10.5 Å². The molecule has 0 spiro atoms. The molecule has 0 radical (unpaired) electrons. The Morgan fingerprint density at radius 1 is 1.11 bits per heavy atom. The van der Waals surface area contributed by atoms with E-state index >= 15 is 0 Å². The van der Waals surface area contributed by atoms with Crippen LogP contribution in [0.25, 0.3) is 0 Å². The molecule has 3 atom stereocenters. The van der Waals surface area contributed by atoms with Gasteiger partial charge < -0.3 is 24.8 Å². The lowest BCUT2D eigenvalue weighted by molar-refractivity contribution is -0.118. The first-order valence-electron chi connectivity index (χ1n) is 12.2. The molecule has 10 heteroatoms. The minimum atomic E-state index is -0.702. The quantitative estimate of drug-likeness (QED) is 0.527. The molecule has 1 fully saturated rings. The number of esters is 1. The van der Waals surface area contributed by atoms with Gasteiger partial charge >= 0.3 is 12.0 Å². The van der Waals surface area contributed by atoms with Gasteiger partial charge in [0.15, 0.2) is 0 Å². The number of rotatable bonds is 8. The summed E-state index contributed by atoms with van der Waals surface area (Å²) in [6, 6.07) is 10.8. The van der Waals surface area contributed by atoms with Crippen LogP contribution in [0.3, 0.4) is 0 Å². The number of carbonyl (C=O) groups is 3. The number of amides is 3. The fourth-order valence-electron chi connectivity index (χ4n) is 4.94. The van der Waals surface area contributed by atoms with E-state index in [9.17, 15) is 19.2 Å². The standard InChI is InChI=1S/C26H32N4O5S/c1-3-35-25(33)18-7-9-20(10-8-18)27-24(32)21(11-12-36-2)28-26(34)29-14-17-13-19(16-29)22-5-4-6-23(31)30(22)15-17/h4-10,17,19,21H,3,11-16H2,1-2H3,(H,27,32)(H,28,34)/t17?,19?,21-/m0/s1. The first-order valence-corrected chi connectivity index (χ1v) is 13.6. The molecule has 2 unspecified atom stereocenters. The number of ether oxygens (including phenoxy) is 1. The number of piperidine rings is 1. The lowest BCUT2D eigenvalue weighted by Crippen LogP contribution is -2.55. The predicted octanol–water partition coefficient (Wildman–Crippen LogP) is 2.91. The van der Waals surface area contributed by atoms with Crippen molar-refractivity contribution in [2.75, 3.05) is 37.0 Å². The van der Waals surface area contributed by atoms with E-state index < -0.39 is 12.0 Å². The van der Waals surface area contributed by atoms with Gasteiger partial charge in [0.1, 0.15) is 6.04 Å². The van der Waals surface area contributed by atoms with Crippen molar-refractivity contribution in [2.45, 2.75) is 38.3 Å². The molecule has 2 aromatic rings. The number of nitrogens with zero attached hydrogens (tertiary/aromatic N) is 2. The van der Waals surface area contributed by atoms with Gasteiger partial charge in [-0.1, -0.05) is 6.07 Å². The molecule has 1 aromatic heterocycles. The number of nitrogens with one attached hydrogen (secondary N) is 2. The van der Waals surface area contributed by atoms with Crippen molar-refractivity contribution in [1.29, 1.82) is 0 Å². The normalized spacial score (nSPS) is 19.1. The number of benzene rings is 1. The first-order chi connectivity index (χ1) is 17.4. The van der Waals surface area contributed by atoms with Crippen LogP contribution < -0.4 is 16.2 Å². The fraction of sp³-hybridized carbons (Fsp3) is 0.462. The Balaban J connectivity index is 1.40. The zero-order valence-corrected chi connectivity index (χ0v) is 21.4. The van der Waals surface area contributed by atoms with E-state index in [1.165, 1.54) is 0 Å². The maximum absolute atomic E-state index is 13.2. The average molecular weight is 513 g/mol. The third-order valence-corrected chi connectivity index (χ3v) is 7.30. The number of likely N-dealkylation sites (tertiary alicyclic amines) is 1. The van der Waals surface area contributed by atoms with Crippen molar-refractivity contribution in [3.05, 3.63) is 64.1 Å². The Morgan fingerprint density at radius 2 is 1.89 bits per heavy atom. The van der Waals surface area contributed by atoms with Crippen LogP contribution in [0.1, 0.15) is 41.7 Å². The van der Waals surface area contributed by atoms with Gasteiger partial charge in [0.05, 0.1) is 12.2 Å². The van der Waals surface area contributed by atoms with E-state index in [4.69, 9.17) is 4.74 Å². The molecule has 2 aliphatic rings. The first kappa shape index (κ1) is 25.8. The Hall–Kier alpha value is -3.27. The van der Waals surface area contributed by atoms with Crippen molar-refractivity contribution in [2.24, 2.45) is 5.92 Å². The number of hydrogen-bond donors (Lipinski definition) is 2. The summed E-state index contributed by atoms with van der Waals surface area (Å²) in [4.78, 5) is 52.2. The molecule has 2 aliphatic heterocycles. The summed E-state index contributed by atoms with van der Waals surface area (Å²) in [6.07, 6.45) is 3.39. The van der Waals surface area contributed by atoms with Crippen LogP contribution >= 0.6 is 11.8 Å². The Bertz CT molecular complexity index is 1170. The molecule has 9 nitrogen and oxygen atoms in total. The van der Waals surface area contributed by atoms with Crippen LogP contribution in [0.15, 0.2) is 47.3 Å². The van der Waals surface area contributed by atoms with E-state index in [0.29, 0.717) is 43.1 Å². The highest BCUT2D eigenvalue weighted by atomic mass is 32.2. The molecule has 2 bridgehead atoms. The van der Waals surface area contributed by atoms with Crippen molar-refractivity contribution in [1.82, 2.24) is 14.8 Å². The largest absolute Gasteiger partial charge is 0.462 e. The summed E-state index contributed by atoms with van der Waals surface area (Å²) in [6.45, 7) is 3.70. The Kier molecular flexibility index (Phi) is 8.35. The van der Waals surface area contributed by atoms with Crippen LogP contribution in [0, 0.1) is 5.92 Å². The molecule has 3 amide bonds. The molecular formula is C26H32N4O5S. The average Bonchev–Trinajstić information content (AvgIpc) is 2.87. The molecule has 1 saturated heterocycles. The van der Waals surface area contributed by atoms with E-state index in [-0.39, 0.29) is 35.9 Å². The Morgan fingerprint density at radius 3 is 2.61 bits per heavy atom. The van der Waals surface area contributed by atoms with Crippen molar-refractivity contribution in [3.63, 3.8) is 0 Å². The van der Waals surface area contributed by atoms with Gasteiger partial charge in [-0.15, -0.1) is 0 Å². The summed E-state index contributed by atoms with van der Waals surface area (Å²) in [5, 5.41) is 5.78. The number of carbonyl (C=O) groups excluding carboxylic acids is 3. The molecule has 0 aliphatic carbocycles. The van der Waals surface area contributed by atoms with E-state index in [1.807, 2.05) is 16.9 Å². The third-order valence-electron chi connectivity index (χ3n) is 6.66. The molecule has 2 N–H and O–H groups in total. The van der Waals surface area contributed by atoms with Gasteiger partial charge in [0.2, 0.25) is 5.91 Å². The molecular weight excluding hydrogens is 480 g/mol. The second-order valence-corrected chi connectivity index (χ2v) is 10.2. The number of thioether (sulfide) groups is 1. The summed E-state index contributed by atoms with van der Waals surface area (Å²) < 4.78 is 6.82. The number of aromatic nitrogens is 1. The SMILES string of the molecule is CCOC(=O)c1ccc(NC(=O)[C@H](CCSC)NC(=O)N2CC3CC(C2)c2cccc(=O)n2C3)cc1. The maximum Gasteiger partial charge on any atom is 0.338 e. The number of urea groups is 1. The van der Waals surface area contributed by atoms with Gasteiger partial charge in [0.25, 0.3) is 5.56 Å². The van der Waals surface area contributed by atoms with E-state index in [2.05, 4.69) is 10.6 Å². The summed E-state index contributed by atoms with van der Waals surface area (Å²) >= 11 is 1.60. The zero-order chi connectivity index (χ0) is 25.7.